The zero-order valence-corrected chi connectivity index (χ0v) is 12.4. The Morgan fingerprint density at radius 3 is 2.28 bits per heavy atom. The number of halogens is 2. The highest BCUT2D eigenvalue weighted by atomic mass is 35.5. The molecular formula is C14H22Cl2N2. The summed E-state index contributed by atoms with van der Waals surface area (Å²) in [5.74, 6) is 0. The first-order valence-corrected chi connectivity index (χ1v) is 6.78. The molecule has 2 unspecified atom stereocenters. The lowest BCUT2D eigenvalue weighted by molar-refractivity contribution is 0.215. The van der Waals surface area contributed by atoms with E-state index in [2.05, 4.69) is 24.0 Å². The van der Waals surface area contributed by atoms with Crippen molar-refractivity contribution in [3.05, 3.63) is 34.9 Å². The van der Waals surface area contributed by atoms with Crippen molar-refractivity contribution in [1.82, 2.24) is 4.90 Å². The number of hydrogen-bond acceptors (Lipinski definition) is 2. The van der Waals surface area contributed by atoms with E-state index >= 15 is 0 Å². The van der Waals surface area contributed by atoms with Crippen LogP contribution in [0.25, 0.3) is 0 Å². The lowest BCUT2D eigenvalue weighted by Gasteiger charge is -2.30. The van der Waals surface area contributed by atoms with Gasteiger partial charge in [0.05, 0.1) is 0 Å². The zero-order chi connectivity index (χ0) is 12.3. The van der Waals surface area contributed by atoms with Crippen molar-refractivity contribution in [2.45, 2.75) is 38.3 Å². The summed E-state index contributed by atoms with van der Waals surface area (Å²) in [5.41, 5.74) is 7.45. The van der Waals surface area contributed by atoms with Gasteiger partial charge in [-0.2, -0.15) is 0 Å². The second-order valence-corrected chi connectivity index (χ2v) is 5.44. The molecule has 0 amide bonds. The van der Waals surface area contributed by atoms with Crippen molar-refractivity contribution >= 4 is 24.0 Å². The van der Waals surface area contributed by atoms with E-state index in [0.29, 0.717) is 6.04 Å². The summed E-state index contributed by atoms with van der Waals surface area (Å²) in [7, 11) is 0. The van der Waals surface area contributed by atoms with Gasteiger partial charge in [0.1, 0.15) is 0 Å². The Kier molecular flexibility index (Phi) is 6.44. The van der Waals surface area contributed by atoms with E-state index in [-0.39, 0.29) is 18.4 Å². The molecule has 0 aromatic heterocycles. The molecule has 2 atom stereocenters. The average Bonchev–Trinajstić information content (AvgIpc) is 2.81. The van der Waals surface area contributed by atoms with Crippen molar-refractivity contribution in [3.8, 4) is 0 Å². The maximum Gasteiger partial charge on any atom is 0.0406 e. The lowest BCUT2D eigenvalue weighted by atomic mass is 10.00. The molecule has 1 aliphatic heterocycles. The Labute approximate surface area is 121 Å². The Balaban J connectivity index is 0.00000162. The molecule has 0 saturated carbocycles. The first-order valence-electron chi connectivity index (χ1n) is 6.41. The van der Waals surface area contributed by atoms with Gasteiger partial charge in [0.15, 0.2) is 0 Å². The van der Waals surface area contributed by atoms with Crippen molar-refractivity contribution in [2.24, 2.45) is 5.73 Å². The van der Waals surface area contributed by atoms with Gasteiger partial charge in [-0.15, -0.1) is 12.4 Å². The fourth-order valence-corrected chi connectivity index (χ4v) is 2.71. The molecule has 1 saturated heterocycles. The zero-order valence-electron chi connectivity index (χ0n) is 10.8. The molecule has 1 fully saturated rings. The van der Waals surface area contributed by atoms with Crippen LogP contribution in [0.1, 0.15) is 25.3 Å². The van der Waals surface area contributed by atoms with E-state index < -0.39 is 0 Å². The van der Waals surface area contributed by atoms with Crippen LogP contribution in [0.4, 0.5) is 0 Å². The standard InChI is InChI=1S/C14H21ClN2.ClH/c1-11(16)14(17-8-2-3-9-17)10-12-4-6-13(15)7-5-12;/h4-7,11,14H,2-3,8-10,16H2,1H3;1H. The van der Waals surface area contributed by atoms with E-state index in [1.54, 1.807) is 0 Å². The SMILES string of the molecule is CC(N)C(Cc1ccc(Cl)cc1)N1CCCC1.Cl. The monoisotopic (exact) mass is 288 g/mol. The van der Waals surface area contributed by atoms with Gasteiger partial charge in [-0.1, -0.05) is 23.7 Å². The van der Waals surface area contributed by atoms with Gasteiger partial charge in [-0.05, 0) is 57.0 Å². The van der Waals surface area contributed by atoms with Crippen LogP contribution < -0.4 is 5.73 Å². The van der Waals surface area contributed by atoms with Gasteiger partial charge in [0.25, 0.3) is 0 Å². The van der Waals surface area contributed by atoms with Crippen LogP contribution in [-0.4, -0.2) is 30.1 Å². The van der Waals surface area contributed by atoms with Gasteiger partial charge < -0.3 is 5.73 Å². The van der Waals surface area contributed by atoms with Gasteiger partial charge >= 0.3 is 0 Å². The maximum atomic E-state index is 6.13. The molecule has 4 heteroatoms. The molecule has 0 spiro atoms. The average molecular weight is 289 g/mol. The summed E-state index contributed by atoms with van der Waals surface area (Å²) < 4.78 is 0. The summed E-state index contributed by atoms with van der Waals surface area (Å²) in [6.45, 7) is 4.50. The van der Waals surface area contributed by atoms with Crippen LogP contribution in [0, 0.1) is 0 Å². The molecular weight excluding hydrogens is 267 g/mol. The minimum Gasteiger partial charge on any atom is -0.327 e. The van der Waals surface area contributed by atoms with E-state index in [4.69, 9.17) is 17.3 Å². The highest BCUT2D eigenvalue weighted by Gasteiger charge is 2.24. The number of nitrogens with two attached hydrogens (primary N) is 1. The summed E-state index contributed by atoms with van der Waals surface area (Å²) in [5, 5.41) is 0.798. The third-order valence-electron chi connectivity index (χ3n) is 3.57. The number of likely N-dealkylation sites (tertiary alicyclic amines) is 1. The Morgan fingerprint density at radius 1 is 1.22 bits per heavy atom. The summed E-state index contributed by atoms with van der Waals surface area (Å²) in [6.07, 6.45) is 3.64. The van der Waals surface area contributed by atoms with Gasteiger partial charge in [-0.3, -0.25) is 4.90 Å². The molecule has 2 nitrogen and oxygen atoms in total. The lowest BCUT2D eigenvalue weighted by Crippen LogP contribution is -2.46. The summed E-state index contributed by atoms with van der Waals surface area (Å²) >= 11 is 5.90. The Hall–Kier alpha value is -0.280. The maximum absolute atomic E-state index is 6.13. The molecule has 1 aliphatic rings. The first-order chi connectivity index (χ1) is 8.16. The van der Waals surface area contributed by atoms with Crippen LogP contribution in [0.15, 0.2) is 24.3 Å². The number of benzene rings is 1. The van der Waals surface area contributed by atoms with Gasteiger partial charge in [0, 0.05) is 17.1 Å². The number of nitrogens with zero attached hydrogens (tertiary/aromatic N) is 1. The predicted molar refractivity (Wildman–Crippen MR) is 80.6 cm³/mol. The van der Waals surface area contributed by atoms with Crippen molar-refractivity contribution in [3.63, 3.8) is 0 Å². The molecule has 102 valence electrons. The number of rotatable bonds is 4. The Bertz CT molecular complexity index is 345. The predicted octanol–water partition coefficient (Wildman–Crippen LogP) is 3.12. The van der Waals surface area contributed by atoms with Crippen molar-refractivity contribution in [1.29, 1.82) is 0 Å². The fourth-order valence-electron chi connectivity index (χ4n) is 2.58. The van der Waals surface area contributed by atoms with Crippen LogP contribution in [0.3, 0.4) is 0 Å². The highest BCUT2D eigenvalue weighted by molar-refractivity contribution is 6.30. The van der Waals surface area contributed by atoms with Crippen molar-refractivity contribution in [2.75, 3.05) is 13.1 Å². The third-order valence-corrected chi connectivity index (χ3v) is 3.83. The molecule has 2 rings (SSSR count). The largest absolute Gasteiger partial charge is 0.327 e. The van der Waals surface area contributed by atoms with E-state index in [1.165, 1.54) is 31.5 Å². The molecule has 2 N–H and O–H groups in total. The van der Waals surface area contributed by atoms with Crippen LogP contribution in [-0.2, 0) is 6.42 Å². The van der Waals surface area contributed by atoms with E-state index in [1.807, 2.05) is 12.1 Å². The van der Waals surface area contributed by atoms with E-state index in [9.17, 15) is 0 Å². The molecule has 0 bridgehead atoms. The molecule has 1 aromatic rings. The second-order valence-electron chi connectivity index (χ2n) is 5.00. The minimum absolute atomic E-state index is 0. The third kappa shape index (κ3) is 4.13. The smallest absolute Gasteiger partial charge is 0.0406 e. The summed E-state index contributed by atoms with van der Waals surface area (Å²) in [6, 6.07) is 8.79. The normalized spacial score (nSPS) is 19.3. The number of hydrogen-bond donors (Lipinski definition) is 1. The second kappa shape index (κ2) is 7.34. The molecule has 0 aliphatic carbocycles. The Morgan fingerprint density at radius 2 is 1.78 bits per heavy atom. The minimum atomic E-state index is 0. The topological polar surface area (TPSA) is 29.3 Å². The fraction of sp³-hybridized carbons (Fsp3) is 0.571. The van der Waals surface area contributed by atoms with E-state index in [0.717, 1.165) is 11.4 Å². The molecule has 1 heterocycles. The van der Waals surface area contributed by atoms with Crippen LogP contribution in [0.2, 0.25) is 5.02 Å². The van der Waals surface area contributed by atoms with Gasteiger partial charge in [0.2, 0.25) is 0 Å². The first kappa shape index (κ1) is 15.8. The van der Waals surface area contributed by atoms with Crippen LogP contribution in [0.5, 0.6) is 0 Å². The van der Waals surface area contributed by atoms with Crippen molar-refractivity contribution < 1.29 is 0 Å². The highest BCUT2D eigenvalue weighted by Crippen LogP contribution is 2.18. The molecule has 0 radical (unpaired) electrons. The molecule has 1 aromatic carbocycles. The summed E-state index contributed by atoms with van der Waals surface area (Å²) in [4.78, 5) is 2.53. The quantitative estimate of drug-likeness (QED) is 0.922. The van der Waals surface area contributed by atoms with Crippen LogP contribution >= 0.6 is 24.0 Å². The molecule has 18 heavy (non-hydrogen) atoms. The van der Waals surface area contributed by atoms with Gasteiger partial charge in [-0.25, -0.2) is 0 Å².